The minimum absolute atomic E-state index is 0.127. The van der Waals surface area contributed by atoms with Crippen LogP contribution in [0.2, 0.25) is 10.0 Å². The zero-order valence-electron chi connectivity index (χ0n) is 17.3. The molecule has 10 heteroatoms. The smallest absolute Gasteiger partial charge is 0.411 e. The summed E-state index contributed by atoms with van der Waals surface area (Å²) in [6, 6.07) is 14.2. The second-order valence-corrected chi connectivity index (χ2v) is 10.2. The summed E-state index contributed by atoms with van der Waals surface area (Å²) in [5, 5.41) is 1.75. The molecule has 174 valence electrons. The lowest BCUT2D eigenvalue weighted by atomic mass is 10.0. The third kappa shape index (κ3) is 6.22. The first kappa shape index (κ1) is 25.0. The summed E-state index contributed by atoms with van der Waals surface area (Å²) in [5.74, 6) is -2.62. The molecule has 0 aliphatic carbocycles. The molecule has 5 nitrogen and oxygen atoms in total. The first-order valence-electron chi connectivity index (χ1n) is 9.71. The molecule has 0 aliphatic rings. The second kappa shape index (κ2) is 10.5. The van der Waals surface area contributed by atoms with Crippen LogP contribution in [0, 0.1) is 17.6 Å². The Bertz CT molecular complexity index is 1240. The fraction of sp³-hybridized carbons (Fsp3) is 0.174. The van der Waals surface area contributed by atoms with Gasteiger partial charge in [-0.05, 0) is 66.7 Å². The standard InChI is InChI=1S/C23H19Cl2F2NO4S/c1-14(13-32-23(29)28-18-7-2-15(24)3-8-18)22(20-12-17(26)6-11-21(20)27)33(30,31)19-9-4-16(25)5-10-19/h2-12,14,22H,13H2,1H3,(H,28,29)/t14-,22+/m1/s1. The van der Waals surface area contributed by atoms with Crippen molar-refractivity contribution in [2.75, 3.05) is 11.9 Å². The molecule has 0 fully saturated rings. The van der Waals surface area contributed by atoms with Gasteiger partial charge < -0.3 is 4.74 Å². The fourth-order valence-corrected chi connectivity index (χ4v) is 5.53. The lowest BCUT2D eigenvalue weighted by Gasteiger charge is -2.25. The molecule has 0 bridgehead atoms. The van der Waals surface area contributed by atoms with Crippen molar-refractivity contribution in [2.45, 2.75) is 17.1 Å². The van der Waals surface area contributed by atoms with Gasteiger partial charge in [0.05, 0.1) is 16.8 Å². The number of anilines is 1. The van der Waals surface area contributed by atoms with Crippen LogP contribution in [0.4, 0.5) is 19.3 Å². The molecule has 1 amide bonds. The first-order valence-corrected chi connectivity index (χ1v) is 12.0. The minimum Gasteiger partial charge on any atom is -0.449 e. The summed E-state index contributed by atoms with van der Waals surface area (Å²) in [7, 11) is -4.21. The van der Waals surface area contributed by atoms with Crippen molar-refractivity contribution >= 4 is 44.8 Å². The SMILES string of the molecule is C[C@H](COC(=O)Nc1ccc(Cl)cc1)[C@@H](c1cc(F)ccc1F)S(=O)(=O)c1ccc(Cl)cc1. The molecule has 0 saturated carbocycles. The maximum absolute atomic E-state index is 14.6. The normalized spacial score (nSPS) is 13.2. The van der Waals surface area contributed by atoms with E-state index in [4.69, 9.17) is 27.9 Å². The second-order valence-electron chi connectivity index (χ2n) is 7.29. The number of rotatable bonds is 7. The fourth-order valence-electron chi connectivity index (χ4n) is 3.26. The number of hydrogen-bond donors (Lipinski definition) is 1. The molecule has 0 unspecified atom stereocenters. The number of halogens is 4. The molecular weight excluding hydrogens is 495 g/mol. The van der Waals surface area contributed by atoms with Gasteiger partial charge in [-0.2, -0.15) is 0 Å². The van der Waals surface area contributed by atoms with Crippen molar-refractivity contribution in [3.8, 4) is 0 Å². The van der Waals surface area contributed by atoms with Gasteiger partial charge in [0.15, 0.2) is 9.84 Å². The van der Waals surface area contributed by atoms with E-state index in [2.05, 4.69) is 5.32 Å². The zero-order valence-corrected chi connectivity index (χ0v) is 19.6. The number of hydrogen-bond acceptors (Lipinski definition) is 4. The average molecular weight is 514 g/mol. The molecule has 2 atom stereocenters. The van der Waals surface area contributed by atoms with E-state index in [0.29, 0.717) is 15.7 Å². The van der Waals surface area contributed by atoms with E-state index < -0.39 is 38.7 Å². The Hall–Kier alpha value is -2.68. The average Bonchev–Trinajstić information content (AvgIpc) is 2.76. The van der Waals surface area contributed by atoms with E-state index in [1.54, 1.807) is 24.3 Å². The maximum atomic E-state index is 14.6. The highest BCUT2D eigenvalue weighted by atomic mass is 35.5. The van der Waals surface area contributed by atoms with Gasteiger partial charge >= 0.3 is 6.09 Å². The number of nitrogens with one attached hydrogen (secondary N) is 1. The summed E-state index contributed by atoms with van der Waals surface area (Å²) in [6.07, 6.45) is -0.841. The number of carbonyl (C=O) groups excluding carboxylic acids is 1. The van der Waals surface area contributed by atoms with Crippen molar-refractivity contribution in [1.82, 2.24) is 0 Å². The Balaban J connectivity index is 1.87. The molecule has 1 N–H and O–H groups in total. The highest BCUT2D eigenvalue weighted by molar-refractivity contribution is 7.91. The third-order valence-corrected chi connectivity index (χ3v) is 7.65. The van der Waals surface area contributed by atoms with E-state index in [0.717, 1.165) is 18.2 Å². The number of amides is 1. The molecule has 0 radical (unpaired) electrons. The van der Waals surface area contributed by atoms with Gasteiger partial charge in [-0.3, -0.25) is 5.32 Å². The van der Waals surface area contributed by atoms with Crippen molar-refractivity contribution in [1.29, 1.82) is 0 Å². The van der Waals surface area contributed by atoms with Crippen molar-refractivity contribution < 1.29 is 26.7 Å². The van der Waals surface area contributed by atoms with Crippen LogP contribution in [0.25, 0.3) is 0 Å². The summed E-state index contributed by atoms with van der Waals surface area (Å²) >= 11 is 11.7. The number of ether oxygens (including phenoxy) is 1. The maximum Gasteiger partial charge on any atom is 0.411 e. The molecule has 3 aromatic carbocycles. The molecule has 3 rings (SSSR count). The van der Waals surface area contributed by atoms with E-state index in [1.165, 1.54) is 31.2 Å². The van der Waals surface area contributed by atoms with Crippen molar-refractivity contribution in [3.05, 3.63) is 94.0 Å². The van der Waals surface area contributed by atoms with Crippen LogP contribution in [0.1, 0.15) is 17.7 Å². The predicted molar refractivity (Wildman–Crippen MR) is 123 cm³/mol. The summed E-state index contributed by atoms with van der Waals surface area (Å²) in [4.78, 5) is 12.0. The van der Waals surface area contributed by atoms with Crippen LogP contribution in [0.15, 0.2) is 71.6 Å². The topological polar surface area (TPSA) is 72.5 Å². The van der Waals surface area contributed by atoms with E-state index in [9.17, 15) is 22.0 Å². The van der Waals surface area contributed by atoms with E-state index in [-0.39, 0.29) is 17.1 Å². The van der Waals surface area contributed by atoms with Crippen LogP contribution in [0.5, 0.6) is 0 Å². The monoisotopic (exact) mass is 513 g/mol. The number of carbonyl (C=O) groups is 1. The van der Waals surface area contributed by atoms with Crippen LogP contribution >= 0.6 is 23.2 Å². The van der Waals surface area contributed by atoms with Crippen LogP contribution in [0.3, 0.4) is 0 Å². The highest BCUT2D eigenvalue weighted by Crippen LogP contribution is 2.37. The summed E-state index contributed by atoms with van der Waals surface area (Å²) in [6.45, 7) is 1.09. The van der Waals surface area contributed by atoms with Gasteiger partial charge in [0.1, 0.15) is 11.6 Å². The van der Waals surface area contributed by atoms with Gasteiger partial charge in [-0.25, -0.2) is 22.0 Å². The molecular formula is C23H19Cl2F2NO4S. The molecule has 0 heterocycles. The largest absolute Gasteiger partial charge is 0.449 e. The number of sulfone groups is 1. The molecule has 0 saturated heterocycles. The minimum atomic E-state index is -4.21. The number of benzene rings is 3. The van der Waals surface area contributed by atoms with E-state index >= 15 is 0 Å². The molecule has 3 aromatic rings. The van der Waals surface area contributed by atoms with Crippen LogP contribution in [-0.2, 0) is 14.6 Å². The third-order valence-electron chi connectivity index (χ3n) is 4.83. The van der Waals surface area contributed by atoms with Gasteiger partial charge in [-0.1, -0.05) is 30.1 Å². The van der Waals surface area contributed by atoms with Gasteiger partial charge in [0.2, 0.25) is 0 Å². The molecule has 33 heavy (non-hydrogen) atoms. The predicted octanol–water partition coefficient (Wildman–Crippen LogP) is 6.67. The van der Waals surface area contributed by atoms with Gasteiger partial charge in [0, 0.05) is 27.2 Å². The Morgan fingerprint density at radius 3 is 2.15 bits per heavy atom. The molecule has 0 spiro atoms. The van der Waals surface area contributed by atoms with Crippen LogP contribution in [-0.4, -0.2) is 21.1 Å². The summed E-state index contributed by atoms with van der Waals surface area (Å²) < 4.78 is 60.5. The van der Waals surface area contributed by atoms with E-state index in [1.807, 2.05) is 0 Å². The highest BCUT2D eigenvalue weighted by Gasteiger charge is 2.36. The van der Waals surface area contributed by atoms with Gasteiger partial charge in [-0.15, -0.1) is 0 Å². The Morgan fingerprint density at radius 1 is 0.970 bits per heavy atom. The van der Waals surface area contributed by atoms with Crippen molar-refractivity contribution in [2.24, 2.45) is 5.92 Å². The Morgan fingerprint density at radius 2 is 1.55 bits per heavy atom. The zero-order chi connectivity index (χ0) is 24.2. The molecule has 0 aliphatic heterocycles. The first-order chi connectivity index (χ1) is 15.6. The Labute approximate surface area is 200 Å². The Kier molecular flexibility index (Phi) is 7.94. The lowest BCUT2D eigenvalue weighted by molar-refractivity contribution is 0.142. The quantitative estimate of drug-likeness (QED) is 0.382. The van der Waals surface area contributed by atoms with Crippen LogP contribution < -0.4 is 5.32 Å². The molecule has 0 aromatic heterocycles. The van der Waals surface area contributed by atoms with Crippen molar-refractivity contribution in [3.63, 3.8) is 0 Å². The lowest BCUT2D eigenvalue weighted by Crippen LogP contribution is -2.27. The summed E-state index contributed by atoms with van der Waals surface area (Å²) in [5.41, 5.74) is 0.0534. The van der Waals surface area contributed by atoms with Gasteiger partial charge in [0.25, 0.3) is 0 Å².